The van der Waals surface area contributed by atoms with Crippen molar-refractivity contribution in [2.45, 2.75) is 96.2 Å². The first-order chi connectivity index (χ1) is 13.0. The van der Waals surface area contributed by atoms with Gasteiger partial charge >= 0.3 is 0 Å². The van der Waals surface area contributed by atoms with Crippen molar-refractivity contribution in [1.29, 1.82) is 0 Å². The molecule has 1 aromatic carbocycles. The van der Waals surface area contributed by atoms with Gasteiger partial charge in [0.1, 0.15) is 0 Å². The number of unbranched alkanes of at least 4 members (excludes halogenated alkanes) is 6. The Labute approximate surface area is 166 Å². The second-order valence-corrected chi connectivity index (χ2v) is 13.1. The molecule has 0 saturated heterocycles. The minimum Gasteiger partial charge on any atom is -0.431 e. The van der Waals surface area contributed by atoms with Crippen LogP contribution in [0.1, 0.15) is 78.2 Å². The zero-order valence-corrected chi connectivity index (χ0v) is 18.4. The standard InChI is InChI=1S/C21H33F5OSi/c1-14(2)28(27,15(3)4)13-11-9-7-5-6-8-10-12-16-17(22)19(24)21(26)20(25)18(16)23/h14-15,27H,5-13H2,1-4H3. The molecule has 0 atom stereocenters. The molecule has 0 amide bonds. The second kappa shape index (κ2) is 11.3. The molecular weight excluding hydrogens is 391 g/mol. The van der Waals surface area contributed by atoms with Crippen molar-refractivity contribution in [1.82, 2.24) is 0 Å². The molecule has 0 spiro atoms. The maximum absolute atomic E-state index is 13.6. The summed E-state index contributed by atoms with van der Waals surface area (Å²) in [5.74, 6) is -9.30. The number of rotatable bonds is 12. The van der Waals surface area contributed by atoms with Crippen LogP contribution < -0.4 is 0 Å². The van der Waals surface area contributed by atoms with Gasteiger partial charge in [-0.05, 0) is 30.0 Å². The van der Waals surface area contributed by atoms with Crippen molar-refractivity contribution in [2.24, 2.45) is 0 Å². The van der Waals surface area contributed by atoms with Crippen LogP contribution >= 0.6 is 0 Å². The molecule has 0 bridgehead atoms. The van der Waals surface area contributed by atoms with Crippen molar-refractivity contribution >= 4 is 8.32 Å². The first kappa shape index (κ1) is 25.1. The fraction of sp³-hybridized carbons (Fsp3) is 0.714. The van der Waals surface area contributed by atoms with E-state index in [1.807, 2.05) is 0 Å². The van der Waals surface area contributed by atoms with E-state index in [9.17, 15) is 26.7 Å². The Morgan fingerprint density at radius 2 is 0.964 bits per heavy atom. The summed E-state index contributed by atoms with van der Waals surface area (Å²) in [6.45, 7) is 8.38. The van der Waals surface area contributed by atoms with E-state index in [-0.39, 0.29) is 6.42 Å². The Bertz CT molecular complexity index is 597. The molecule has 0 aliphatic heterocycles. The molecule has 0 radical (unpaired) electrons. The highest BCUT2D eigenvalue weighted by Crippen LogP contribution is 2.34. The molecule has 0 aliphatic rings. The third-order valence-electron chi connectivity index (χ3n) is 5.80. The summed E-state index contributed by atoms with van der Waals surface area (Å²) in [6.07, 6.45) is 5.76. The van der Waals surface area contributed by atoms with Crippen LogP contribution in [-0.2, 0) is 6.42 Å². The normalized spacial score (nSPS) is 12.4. The number of benzene rings is 1. The van der Waals surface area contributed by atoms with Gasteiger partial charge in [0.15, 0.2) is 31.6 Å². The van der Waals surface area contributed by atoms with Crippen LogP contribution in [0.2, 0.25) is 17.1 Å². The largest absolute Gasteiger partial charge is 0.431 e. The molecule has 1 rings (SSSR count). The predicted molar refractivity (Wildman–Crippen MR) is 105 cm³/mol. The number of hydrogen-bond acceptors (Lipinski definition) is 1. The average Bonchev–Trinajstić information content (AvgIpc) is 2.65. The number of hydrogen-bond donors (Lipinski definition) is 1. The van der Waals surface area contributed by atoms with E-state index in [1.165, 1.54) is 0 Å². The van der Waals surface area contributed by atoms with E-state index in [0.29, 0.717) is 23.9 Å². The minimum atomic E-state index is -2.21. The minimum absolute atomic E-state index is 0.160. The van der Waals surface area contributed by atoms with Crippen molar-refractivity contribution in [2.75, 3.05) is 0 Å². The Hall–Kier alpha value is -0.953. The van der Waals surface area contributed by atoms with Crippen molar-refractivity contribution in [3.05, 3.63) is 34.6 Å². The van der Waals surface area contributed by atoms with Gasteiger partial charge in [0.2, 0.25) is 5.82 Å². The van der Waals surface area contributed by atoms with Crippen LogP contribution in [-0.4, -0.2) is 13.1 Å². The van der Waals surface area contributed by atoms with E-state index in [1.54, 1.807) is 0 Å². The maximum atomic E-state index is 13.6. The van der Waals surface area contributed by atoms with Gasteiger partial charge < -0.3 is 4.80 Å². The van der Waals surface area contributed by atoms with Gasteiger partial charge in [-0.25, -0.2) is 22.0 Å². The van der Waals surface area contributed by atoms with Gasteiger partial charge in [0, 0.05) is 5.56 Å². The summed E-state index contributed by atoms with van der Waals surface area (Å²) in [5, 5.41) is 0. The van der Waals surface area contributed by atoms with E-state index in [2.05, 4.69) is 27.7 Å². The van der Waals surface area contributed by atoms with Crippen molar-refractivity contribution in [3.63, 3.8) is 0 Å². The maximum Gasteiger partial charge on any atom is 0.200 e. The van der Waals surface area contributed by atoms with Gasteiger partial charge in [-0.2, -0.15) is 0 Å². The van der Waals surface area contributed by atoms with Crippen LogP contribution in [0.3, 0.4) is 0 Å². The lowest BCUT2D eigenvalue weighted by atomic mass is 10.0. The molecule has 1 aromatic rings. The lowest BCUT2D eigenvalue weighted by molar-refractivity contribution is 0.368. The molecule has 0 aliphatic carbocycles. The Kier molecular flexibility index (Phi) is 10.1. The molecule has 162 valence electrons. The third kappa shape index (κ3) is 6.27. The second-order valence-electron chi connectivity index (χ2n) is 8.32. The summed E-state index contributed by atoms with van der Waals surface area (Å²) in [5.41, 5.74) is -0.0353. The quantitative estimate of drug-likeness (QED) is 0.122. The summed E-state index contributed by atoms with van der Waals surface area (Å²) < 4.78 is 66.5. The lowest BCUT2D eigenvalue weighted by Gasteiger charge is -2.33. The summed E-state index contributed by atoms with van der Waals surface area (Å²) in [4.78, 5) is 10.8. The van der Waals surface area contributed by atoms with Crippen molar-refractivity contribution in [3.8, 4) is 0 Å². The highest BCUT2D eigenvalue weighted by molar-refractivity contribution is 6.75. The molecule has 0 aromatic heterocycles. The van der Waals surface area contributed by atoms with Gasteiger partial charge in [-0.3, -0.25) is 0 Å². The fourth-order valence-corrected chi connectivity index (χ4v) is 7.01. The molecule has 1 nitrogen and oxygen atoms in total. The third-order valence-corrected chi connectivity index (χ3v) is 11.0. The number of halogens is 5. The molecule has 0 unspecified atom stereocenters. The SMILES string of the molecule is CC(C)[Si](O)(CCCCCCCCCc1c(F)c(F)c(F)c(F)c1F)C(C)C. The zero-order valence-electron chi connectivity index (χ0n) is 17.4. The van der Waals surface area contributed by atoms with Crippen LogP contribution in [0.25, 0.3) is 0 Å². The highest BCUT2D eigenvalue weighted by atomic mass is 28.4. The van der Waals surface area contributed by atoms with E-state index < -0.39 is 43.0 Å². The summed E-state index contributed by atoms with van der Waals surface area (Å²) in [6, 6.07) is 0.905. The topological polar surface area (TPSA) is 20.2 Å². The van der Waals surface area contributed by atoms with Crippen molar-refractivity contribution < 1.29 is 26.7 Å². The van der Waals surface area contributed by atoms with E-state index >= 15 is 0 Å². The van der Waals surface area contributed by atoms with Gasteiger partial charge in [0.25, 0.3) is 0 Å². The molecule has 28 heavy (non-hydrogen) atoms. The first-order valence-electron chi connectivity index (χ1n) is 10.3. The van der Waals surface area contributed by atoms with Gasteiger partial charge in [0.05, 0.1) is 0 Å². The molecular formula is C21H33F5OSi. The Balaban J connectivity index is 2.28. The van der Waals surface area contributed by atoms with Crippen LogP contribution in [0, 0.1) is 29.1 Å². The van der Waals surface area contributed by atoms with Crippen LogP contribution in [0.15, 0.2) is 0 Å². The smallest absolute Gasteiger partial charge is 0.200 e. The molecule has 7 heteroatoms. The van der Waals surface area contributed by atoms with E-state index in [0.717, 1.165) is 38.1 Å². The molecule has 0 heterocycles. The monoisotopic (exact) mass is 424 g/mol. The molecule has 0 fully saturated rings. The fourth-order valence-electron chi connectivity index (χ4n) is 3.71. The van der Waals surface area contributed by atoms with E-state index in [4.69, 9.17) is 0 Å². The van der Waals surface area contributed by atoms with Gasteiger partial charge in [-0.1, -0.05) is 66.2 Å². The first-order valence-corrected chi connectivity index (χ1v) is 12.6. The van der Waals surface area contributed by atoms with Crippen LogP contribution in [0.4, 0.5) is 22.0 Å². The molecule has 0 saturated carbocycles. The zero-order chi connectivity index (χ0) is 21.5. The Morgan fingerprint density at radius 3 is 1.39 bits per heavy atom. The average molecular weight is 425 g/mol. The van der Waals surface area contributed by atoms with Crippen LogP contribution in [0.5, 0.6) is 0 Å². The van der Waals surface area contributed by atoms with Gasteiger partial charge in [-0.15, -0.1) is 0 Å². The summed E-state index contributed by atoms with van der Waals surface area (Å²) in [7, 11) is -2.21. The predicted octanol–water partition coefficient (Wildman–Crippen LogP) is 7.41. The lowest BCUT2D eigenvalue weighted by Crippen LogP contribution is -2.41. The summed E-state index contributed by atoms with van der Waals surface area (Å²) >= 11 is 0. The Morgan fingerprint density at radius 1 is 0.607 bits per heavy atom. The molecule has 1 N–H and O–H groups in total. The highest BCUT2D eigenvalue weighted by Gasteiger charge is 2.37.